The summed E-state index contributed by atoms with van der Waals surface area (Å²) in [4.78, 5) is 18.9. The van der Waals surface area contributed by atoms with E-state index >= 15 is 0 Å². The van der Waals surface area contributed by atoms with Crippen molar-refractivity contribution in [3.63, 3.8) is 0 Å². The van der Waals surface area contributed by atoms with Crippen LogP contribution < -0.4 is 4.90 Å². The Hall–Kier alpha value is -3.66. The molecule has 1 amide bonds. The first kappa shape index (κ1) is 21.2. The largest absolute Gasteiger partial charge is 0.417 e. The molecule has 0 aliphatic carbocycles. The molecule has 33 heavy (non-hydrogen) atoms. The van der Waals surface area contributed by atoms with Crippen LogP contribution in [-0.2, 0) is 6.18 Å². The number of halogens is 4. The average Bonchev–Trinajstić information content (AvgIpc) is 3.43. The van der Waals surface area contributed by atoms with E-state index in [9.17, 15) is 18.0 Å². The predicted octanol–water partition coefficient (Wildman–Crippen LogP) is 5.49. The molecule has 4 heterocycles. The minimum atomic E-state index is -4.58. The number of rotatable bonds is 3. The minimum Gasteiger partial charge on any atom is -0.356 e. The second-order valence-electron chi connectivity index (χ2n) is 7.60. The first-order valence-electron chi connectivity index (χ1n) is 9.87. The molecule has 0 bridgehead atoms. The molecule has 168 valence electrons. The molecule has 7 nitrogen and oxygen atoms in total. The van der Waals surface area contributed by atoms with Crippen LogP contribution in [0.5, 0.6) is 0 Å². The third kappa shape index (κ3) is 3.66. The maximum atomic E-state index is 13.4. The van der Waals surface area contributed by atoms with E-state index in [2.05, 4.69) is 15.2 Å². The maximum Gasteiger partial charge on any atom is 0.417 e. The third-order valence-electron chi connectivity index (χ3n) is 5.41. The summed E-state index contributed by atoms with van der Waals surface area (Å²) in [5.41, 5.74) is 1.27. The van der Waals surface area contributed by atoms with E-state index in [-0.39, 0.29) is 24.0 Å². The van der Waals surface area contributed by atoms with Gasteiger partial charge in [-0.3, -0.25) is 14.5 Å². The number of carbonyl (C=O) groups excluding carboxylic acids is 1. The van der Waals surface area contributed by atoms with Gasteiger partial charge in [0.05, 0.1) is 28.4 Å². The lowest BCUT2D eigenvalue weighted by Crippen LogP contribution is -2.42. The van der Waals surface area contributed by atoms with Gasteiger partial charge < -0.3 is 9.42 Å². The lowest BCUT2D eigenvalue weighted by atomic mass is 10.1. The molecule has 0 saturated heterocycles. The third-order valence-corrected chi connectivity index (χ3v) is 5.72. The van der Waals surface area contributed by atoms with Gasteiger partial charge in [-0.25, -0.2) is 0 Å². The van der Waals surface area contributed by atoms with Crippen molar-refractivity contribution in [3.8, 4) is 22.6 Å². The van der Waals surface area contributed by atoms with E-state index in [0.29, 0.717) is 17.0 Å². The van der Waals surface area contributed by atoms with Crippen LogP contribution in [0.1, 0.15) is 29.0 Å². The van der Waals surface area contributed by atoms with Crippen molar-refractivity contribution in [2.75, 3.05) is 11.4 Å². The van der Waals surface area contributed by atoms with Gasteiger partial charge >= 0.3 is 6.18 Å². The molecular weight excluding hydrogens is 459 g/mol. The summed E-state index contributed by atoms with van der Waals surface area (Å²) >= 11 is 5.88. The molecule has 5 rings (SSSR count). The number of alkyl halides is 3. The van der Waals surface area contributed by atoms with Crippen LogP contribution in [0.15, 0.2) is 59.5 Å². The molecule has 4 aromatic rings. The van der Waals surface area contributed by atoms with Crippen molar-refractivity contribution in [1.82, 2.24) is 19.9 Å². The SMILES string of the molecule is C[C@H]1CN(c2ccc(C(F)(F)F)c(Cl)c2)C(=O)c2c(-c3cc(-c4cccnc4)no3)cnn21. The van der Waals surface area contributed by atoms with Crippen LogP contribution in [0.25, 0.3) is 22.6 Å². The van der Waals surface area contributed by atoms with E-state index in [0.717, 1.165) is 17.7 Å². The Morgan fingerprint density at radius 3 is 2.70 bits per heavy atom. The predicted molar refractivity (Wildman–Crippen MR) is 114 cm³/mol. The molecule has 0 spiro atoms. The van der Waals surface area contributed by atoms with Gasteiger partial charge in [0.15, 0.2) is 5.76 Å². The van der Waals surface area contributed by atoms with Gasteiger partial charge in [0.1, 0.15) is 11.4 Å². The monoisotopic (exact) mass is 473 g/mol. The number of aromatic nitrogens is 4. The van der Waals surface area contributed by atoms with Gasteiger partial charge in [-0.05, 0) is 37.3 Å². The number of fused-ring (bicyclic) bond motifs is 1. The zero-order chi connectivity index (χ0) is 23.3. The maximum absolute atomic E-state index is 13.4. The molecule has 11 heteroatoms. The highest BCUT2D eigenvalue weighted by atomic mass is 35.5. The molecule has 1 aliphatic rings. The molecule has 0 radical (unpaired) electrons. The molecule has 1 aliphatic heterocycles. The van der Waals surface area contributed by atoms with Crippen molar-refractivity contribution >= 4 is 23.2 Å². The number of hydrogen-bond donors (Lipinski definition) is 0. The molecule has 0 fully saturated rings. The second-order valence-corrected chi connectivity index (χ2v) is 8.00. The van der Waals surface area contributed by atoms with Crippen LogP contribution in [-0.4, -0.2) is 32.4 Å². The number of benzene rings is 1. The van der Waals surface area contributed by atoms with Crippen LogP contribution in [0, 0.1) is 0 Å². The first-order valence-corrected chi connectivity index (χ1v) is 10.3. The fraction of sp³-hybridized carbons (Fsp3) is 0.182. The summed E-state index contributed by atoms with van der Waals surface area (Å²) in [6, 6.07) is 8.29. The number of carbonyl (C=O) groups is 1. The van der Waals surface area contributed by atoms with Gasteiger partial charge in [-0.15, -0.1) is 0 Å². The Balaban J connectivity index is 1.53. The second kappa shape index (κ2) is 7.73. The van der Waals surface area contributed by atoms with E-state index in [1.165, 1.54) is 17.2 Å². The topological polar surface area (TPSA) is 77.1 Å². The highest BCUT2D eigenvalue weighted by Crippen LogP contribution is 2.39. The summed E-state index contributed by atoms with van der Waals surface area (Å²) in [5.74, 6) is -0.0984. The van der Waals surface area contributed by atoms with Crippen molar-refractivity contribution in [2.45, 2.75) is 19.1 Å². The molecule has 0 saturated carbocycles. The first-order chi connectivity index (χ1) is 15.7. The molecular formula is C22H15ClF3N5O2. The summed E-state index contributed by atoms with van der Waals surface area (Å²) in [7, 11) is 0. The van der Waals surface area contributed by atoms with Crippen LogP contribution in [0.3, 0.4) is 0 Å². The quantitative estimate of drug-likeness (QED) is 0.393. The van der Waals surface area contributed by atoms with Crippen molar-refractivity contribution in [2.24, 2.45) is 0 Å². The van der Waals surface area contributed by atoms with E-state index < -0.39 is 22.7 Å². The number of anilines is 1. The van der Waals surface area contributed by atoms with Gasteiger partial charge in [0.25, 0.3) is 5.91 Å². The van der Waals surface area contributed by atoms with Gasteiger partial charge in [0, 0.05) is 36.3 Å². The Kier molecular flexibility index (Phi) is 4.97. The number of amides is 1. The van der Waals surface area contributed by atoms with Crippen LogP contribution in [0.4, 0.5) is 18.9 Å². The lowest BCUT2D eigenvalue weighted by molar-refractivity contribution is -0.137. The van der Waals surface area contributed by atoms with Crippen molar-refractivity contribution in [3.05, 3.63) is 71.3 Å². The Morgan fingerprint density at radius 2 is 2.00 bits per heavy atom. The lowest BCUT2D eigenvalue weighted by Gasteiger charge is -2.32. The van der Waals surface area contributed by atoms with Gasteiger partial charge in [-0.1, -0.05) is 16.8 Å². The summed E-state index contributed by atoms with van der Waals surface area (Å²) in [6.07, 6.45) is 0.207. The molecule has 1 atom stereocenters. The van der Waals surface area contributed by atoms with E-state index in [1.807, 2.05) is 13.0 Å². The number of pyridine rings is 1. The zero-order valence-corrected chi connectivity index (χ0v) is 17.8. The number of nitrogens with zero attached hydrogens (tertiary/aromatic N) is 5. The fourth-order valence-electron chi connectivity index (χ4n) is 3.82. The molecule has 1 aromatic carbocycles. The van der Waals surface area contributed by atoms with E-state index in [4.69, 9.17) is 16.1 Å². The van der Waals surface area contributed by atoms with E-state index in [1.54, 1.807) is 29.2 Å². The van der Waals surface area contributed by atoms with Crippen LogP contribution in [0.2, 0.25) is 5.02 Å². The standard InChI is InChI=1S/C22H15ClF3N5O2/c1-12-11-30(14-4-5-16(17(23)7-14)22(24,25)26)21(32)20-15(10-28-31(12)20)19-8-18(29-33-19)13-3-2-6-27-9-13/h2-10,12H,11H2,1H3/t12-/m0/s1. The zero-order valence-electron chi connectivity index (χ0n) is 17.0. The van der Waals surface area contributed by atoms with Gasteiger partial charge in [-0.2, -0.15) is 18.3 Å². The Bertz CT molecular complexity index is 1350. The Morgan fingerprint density at radius 1 is 1.18 bits per heavy atom. The average molecular weight is 474 g/mol. The number of hydrogen-bond acceptors (Lipinski definition) is 5. The summed E-state index contributed by atoms with van der Waals surface area (Å²) < 4.78 is 46.3. The fourth-order valence-corrected chi connectivity index (χ4v) is 4.10. The van der Waals surface area contributed by atoms with Crippen molar-refractivity contribution in [1.29, 1.82) is 0 Å². The highest BCUT2D eigenvalue weighted by molar-refractivity contribution is 6.31. The normalized spacial score (nSPS) is 16.2. The minimum absolute atomic E-state index is 0.214. The van der Waals surface area contributed by atoms with Crippen molar-refractivity contribution < 1.29 is 22.5 Å². The summed E-state index contributed by atoms with van der Waals surface area (Å²) in [6.45, 7) is 2.07. The van der Waals surface area contributed by atoms with Crippen LogP contribution >= 0.6 is 11.6 Å². The molecule has 0 unspecified atom stereocenters. The summed E-state index contributed by atoms with van der Waals surface area (Å²) in [5, 5.41) is 7.91. The highest BCUT2D eigenvalue weighted by Gasteiger charge is 2.37. The Labute approximate surface area is 190 Å². The molecule has 3 aromatic heterocycles. The van der Waals surface area contributed by atoms with Gasteiger partial charge in [0.2, 0.25) is 0 Å². The smallest absolute Gasteiger partial charge is 0.356 e. The molecule has 0 N–H and O–H groups in total.